The lowest BCUT2D eigenvalue weighted by molar-refractivity contribution is 0.474. The van der Waals surface area contributed by atoms with Crippen molar-refractivity contribution in [1.82, 2.24) is 0 Å². The highest BCUT2D eigenvalue weighted by Gasteiger charge is 2.07. The van der Waals surface area contributed by atoms with Crippen LogP contribution in [0, 0.1) is 32.1 Å². The van der Waals surface area contributed by atoms with E-state index in [1.165, 1.54) is 5.56 Å². The van der Waals surface area contributed by atoms with Gasteiger partial charge in [0.15, 0.2) is 0 Å². The number of nitriles is 1. The van der Waals surface area contributed by atoms with Gasteiger partial charge in [-0.3, -0.25) is 0 Å². The second-order valence-corrected chi connectivity index (χ2v) is 4.40. The first-order valence-corrected chi connectivity index (χ1v) is 5.86. The van der Waals surface area contributed by atoms with Crippen LogP contribution in [-0.4, -0.2) is 0 Å². The zero-order chi connectivity index (χ0) is 13.1. The average Bonchev–Trinajstić information content (AvgIpc) is 2.39. The van der Waals surface area contributed by atoms with Crippen molar-refractivity contribution in [3.63, 3.8) is 0 Å². The zero-order valence-electron chi connectivity index (χ0n) is 10.8. The van der Waals surface area contributed by atoms with Gasteiger partial charge in [-0.2, -0.15) is 5.26 Å². The maximum Gasteiger partial charge on any atom is 0.133 e. The van der Waals surface area contributed by atoms with Crippen LogP contribution in [0.3, 0.4) is 0 Å². The largest absolute Gasteiger partial charge is 0.457 e. The summed E-state index contributed by atoms with van der Waals surface area (Å²) >= 11 is 0. The van der Waals surface area contributed by atoms with Crippen LogP contribution < -0.4 is 4.74 Å². The minimum atomic E-state index is 0.607. The molecule has 0 saturated heterocycles. The normalized spacial score (nSPS) is 9.89. The smallest absolute Gasteiger partial charge is 0.133 e. The summed E-state index contributed by atoms with van der Waals surface area (Å²) in [5.41, 5.74) is 4.04. The molecule has 0 saturated carbocycles. The Bertz CT molecular complexity index is 623. The first kappa shape index (κ1) is 12.2. The molecule has 2 aromatic carbocycles. The van der Waals surface area contributed by atoms with E-state index in [2.05, 4.69) is 19.1 Å². The van der Waals surface area contributed by atoms with E-state index in [0.29, 0.717) is 11.3 Å². The molecule has 18 heavy (non-hydrogen) atoms. The van der Waals surface area contributed by atoms with Crippen molar-refractivity contribution >= 4 is 0 Å². The fraction of sp³-hybridized carbons (Fsp3) is 0.188. The molecule has 0 amide bonds. The third-order valence-corrected chi connectivity index (χ3v) is 3.06. The van der Waals surface area contributed by atoms with Gasteiger partial charge in [0.1, 0.15) is 11.5 Å². The van der Waals surface area contributed by atoms with E-state index in [9.17, 15) is 0 Å². The molecule has 2 rings (SSSR count). The molecule has 0 aromatic heterocycles. The molecule has 2 heteroatoms. The molecule has 0 N–H and O–H groups in total. The first-order valence-electron chi connectivity index (χ1n) is 5.86. The van der Waals surface area contributed by atoms with E-state index in [1.807, 2.05) is 32.0 Å². The number of benzene rings is 2. The van der Waals surface area contributed by atoms with Crippen molar-refractivity contribution in [2.45, 2.75) is 20.8 Å². The number of aryl methyl sites for hydroxylation is 2. The molecule has 0 unspecified atom stereocenters. The van der Waals surface area contributed by atoms with E-state index < -0.39 is 0 Å². The van der Waals surface area contributed by atoms with Crippen LogP contribution in [0.25, 0.3) is 0 Å². The summed E-state index contributed by atoms with van der Waals surface area (Å²) in [6.45, 7) is 6.13. The second-order valence-electron chi connectivity index (χ2n) is 4.40. The van der Waals surface area contributed by atoms with Crippen LogP contribution >= 0.6 is 0 Å². The fourth-order valence-electron chi connectivity index (χ4n) is 1.83. The second kappa shape index (κ2) is 4.93. The summed E-state index contributed by atoms with van der Waals surface area (Å²) in [4.78, 5) is 0. The van der Waals surface area contributed by atoms with Crippen LogP contribution in [0.4, 0.5) is 0 Å². The topological polar surface area (TPSA) is 33.0 Å². The SMILES string of the molecule is Cc1ccc(C)c(Oc2cccc(C#N)c2)c1C. The third-order valence-electron chi connectivity index (χ3n) is 3.06. The van der Waals surface area contributed by atoms with Crippen molar-refractivity contribution < 1.29 is 4.74 Å². The van der Waals surface area contributed by atoms with Crippen molar-refractivity contribution in [2.75, 3.05) is 0 Å². The monoisotopic (exact) mass is 237 g/mol. The Kier molecular flexibility index (Phi) is 3.34. The van der Waals surface area contributed by atoms with Crippen molar-refractivity contribution in [3.8, 4) is 17.6 Å². The molecule has 0 radical (unpaired) electrons. The molecule has 0 heterocycles. The van der Waals surface area contributed by atoms with Gasteiger partial charge in [-0.05, 0) is 55.7 Å². The van der Waals surface area contributed by atoms with Crippen LogP contribution in [0.1, 0.15) is 22.3 Å². The van der Waals surface area contributed by atoms with Crippen LogP contribution in [0.2, 0.25) is 0 Å². The van der Waals surface area contributed by atoms with Crippen LogP contribution in [0.15, 0.2) is 36.4 Å². The predicted octanol–water partition coefficient (Wildman–Crippen LogP) is 4.28. The number of hydrogen-bond acceptors (Lipinski definition) is 2. The molecule has 2 nitrogen and oxygen atoms in total. The Hall–Kier alpha value is -2.27. The van der Waals surface area contributed by atoms with E-state index in [0.717, 1.165) is 16.9 Å². The minimum Gasteiger partial charge on any atom is -0.457 e. The third kappa shape index (κ3) is 2.36. The lowest BCUT2D eigenvalue weighted by Crippen LogP contribution is -1.93. The Labute approximate surface area is 107 Å². The molecular formula is C16H15NO. The standard InChI is InChI=1S/C16H15NO/c1-11-7-8-12(2)16(13(11)3)18-15-6-4-5-14(9-15)10-17/h4-9H,1-3H3. The molecule has 0 fully saturated rings. The fourth-order valence-corrected chi connectivity index (χ4v) is 1.83. The average molecular weight is 237 g/mol. The van der Waals surface area contributed by atoms with E-state index in [4.69, 9.17) is 10.00 Å². The minimum absolute atomic E-state index is 0.607. The molecular weight excluding hydrogens is 222 g/mol. The van der Waals surface area contributed by atoms with Crippen LogP contribution in [0.5, 0.6) is 11.5 Å². The van der Waals surface area contributed by atoms with Gasteiger partial charge in [-0.1, -0.05) is 18.2 Å². The summed E-state index contributed by atoms with van der Waals surface area (Å²) in [7, 11) is 0. The van der Waals surface area contributed by atoms with Crippen molar-refractivity contribution in [3.05, 3.63) is 58.7 Å². The molecule has 0 atom stereocenters. The van der Waals surface area contributed by atoms with Gasteiger partial charge in [0.25, 0.3) is 0 Å². The van der Waals surface area contributed by atoms with Gasteiger partial charge in [0, 0.05) is 0 Å². The number of rotatable bonds is 2. The van der Waals surface area contributed by atoms with E-state index >= 15 is 0 Å². The van der Waals surface area contributed by atoms with Gasteiger partial charge in [0.2, 0.25) is 0 Å². The van der Waals surface area contributed by atoms with Gasteiger partial charge in [-0.25, -0.2) is 0 Å². The molecule has 0 aliphatic carbocycles. The predicted molar refractivity (Wildman–Crippen MR) is 71.9 cm³/mol. The summed E-state index contributed by atoms with van der Waals surface area (Å²) in [5.74, 6) is 1.58. The highest BCUT2D eigenvalue weighted by atomic mass is 16.5. The lowest BCUT2D eigenvalue weighted by Gasteiger charge is -2.13. The van der Waals surface area contributed by atoms with Gasteiger partial charge in [-0.15, -0.1) is 0 Å². The number of ether oxygens (including phenoxy) is 1. The number of nitrogens with zero attached hydrogens (tertiary/aromatic N) is 1. The Morgan fingerprint density at radius 2 is 1.72 bits per heavy atom. The number of hydrogen-bond donors (Lipinski definition) is 0. The van der Waals surface area contributed by atoms with Crippen LogP contribution in [-0.2, 0) is 0 Å². The molecule has 0 bridgehead atoms. The van der Waals surface area contributed by atoms with E-state index in [-0.39, 0.29) is 0 Å². The first-order chi connectivity index (χ1) is 8.61. The maximum atomic E-state index is 8.88. The maximum absolute atomic E-state index is 8.88. The van der Waals surface area contributed by atoms with Gasteiger partial charge in [0.05, 0.1) is 11.6 Å². The Balaban J connectivity index is 2.40. The molecule has 90 valence electrons. The lowest BCUT2D eigenvalue weighted by atomic mass is 10.1. The van der Waals surface area contributed by atoms with Crippen molar-refractivity contribution in [1.29, 1.82) is 5.26 Å². The summed E-state index contributed by atoms with van der Waals surface area (Å²) in [6, 6.07) is 13.5. The molecule has 2 aromatic rings. The Morgan fingerprint density at radius 3 is 2.44 bits per heavy atom. The summed E-state index contributed by atoms with van der Waals surface area (Å²) in [5, 5.41) is 8.88. The summed E-state index contributed by atoms with van der Waals surface area (Å²) < 4.78 is 5.91. The molecule has 0 spiro atoms. The quantitative estimate of drug-likeness (QED) is 0.781. The summed E-state index contributed by atoms with van der Waals surface area (Å²) in [6.07, 6.45) is 0. The van der Waals surface area contributed by atoms with Gasteiger partial charge < -0.3 is 4.74 Å². The van der Waals surface area contributed by atoms with E-state index in [1.54, 1.807) is 12.1 Å². The highest BCUT2D eigenvalue weighted by molar-refractivity contribution is 5.47. The highest BCUT2D eigenvalue weighted by Crippen LogP contribution is 2.30. The zero-order valence-corrected chi connectivity index (χ0v) is 10.8. The molecule has 0 aliphatic rings. The molecule has 0 aliphatic heterocycles. The Morgan fingerprint density at radius 1 is 1.00 bits per heavy atom. The van der Waals surface area contributed by atoms with Crippen molar-refractivity contribution in [2.24, 2.45) is 0 Å². The van der Waals surface area contributed by atoms with Gasteiger partial charge >= 0.3 is 0 Å².